The Morgan fingerprint density at radius 2 is 2.14 bits per heavy atom. The van der Waals surface area contributed by atoms with Crippen LogP contribution in [-0.2, 0) is 6.42 Å². The number of amides is 1. The molecule has 22 heavy (non-hydrogen) atoms. The average molecular weight is 317 g/mol. The quantitative estimate of drug-likeness (QED) is 0.785. The molecule has 116 valence electrons. The number of nitrogen functional groups attached to an aromatic ring is 1. The van der Waals surface area contributed by atoms with Crippen LogP contribution in [0.15, 0.2) is 36.0 Å². The molecule has 1 aliphatic rings. The fraction of sp³-hybridized carbons (Fsp3) is 0.375. The number of hydrogen-bond donors (Lipinski definition) is 3. The summed E-state index contributed by atoms with van der Waals surface area (Å²) in [5.74, 6) is 0.168. The van der Waals surface area contributed by atoms with E-state index in [9.17, 15) is 9.90 Å². The van der Waals surface area contributed by atoms with Crippen LogP contribution in [-0.4, -0.2) is 28.1 Å². The SMILES string of the molecule is Nc1ccsc1C(=O)NC(Cc1ccncc1)C1CC(O)C1. The van der Waals surface area contributed by atoms with E-state index in [-0.39, 0.29) is 18.1 Å². The number of aliphatic hydroxyl groups is 1. The number of anilines is 1. The van der Waals surface area contributed by atoms with E-state index in [1.54, 1.807) is 18.5 Å². The third kappa shape index (κ3) is 3.28. The second kappa shape index (κ2) is 6.46. The summed E-state index contributed by atoms with van der Waals surface area (Å²) >= 11 is 1.35. The van der Waals surface area contributed by atoms with Crippen molar-refractivity contribution in [2.75, 3.05) is 5.73 Å². The lowest BCUT2D eigenvalue weighted by atomic mass is 9.75. The Hall–Kier alpha value is -1.92. The van der Waals surface area contributed by atoms with Crippen molar-refractivity contribution in [2.45, 2.75) is 31.4 Å². The molecule has 3 rings (SSSR count). The van der Waals surface area contributed by atoms with Gasteiger partial charge in [-0.3, -0.25) is 9.78 Å². The van der Waals surface area contributed by atoms with Crippen LogP contribution in [0.5, 0.6) is 0 Å². The molecule has 0 bridgehead atoms. The molecule has 1 amide bonds. The molecule has 5 nitrogen and oxygen atoms in total. The van der Waals surface area contributed by atoms with Gasteiger partial charge in [-0.15, -0.1) is 11.3 Å². The van der Waals surface area contributed by atoms with Crippen molar-refractivity contribution in [3.8, 4) is 0 Å². The minimum atomic E-state index is -0.242. The van der Waals surface area contributed by atoms with Crippen LogP contribution in [0, 0.1) is 5.92 Å². The van der Waals surface area contributed by atoms with E-state index in [4.69, 9.17) is 5.73 Å². The van der Waals surface area contributed by atoms with E-state index in [1.165, 1.54) is 11.3 Å². The Balaban J connectivity index is 1.71. The Morgan fingerprint density at radius 3 is 2.73 bits per heavy atom. The Kier molecular flexibility index (Phi) is 4.40. The molecule has 1 unspecified atom stereocenters. The molecule has 1 aliphatic carbocycles. The second-order valence-electron chi connectivity index (χ2n) is 5.73. The predicted octanol–water partition coefficient (Wildman–Crippen LogP) is 1.84. The zero-order valence-electron chi connectivity index (χ0n) is 12.1. The van der Waals surface area contributed by atoms with E-state index in [2.05, 4.69) is 10.3 Å². The van der Waals surface area contributed by atoms with Crippen molar-refractivity contribution in [1.29, 1.82) is 0 Å². The van der Waals surface area contributed by atoms with Crippen LogP contribution in [0.1, 0.15) is 28.1 Å². The lowest BCUT2D eigenvalue weighted by molar-refractivity contribution is 0.0240. The zero-order chi connectivity index (χ0) is 15.5. The summed E-state index contributed by atoms with van der Waals surface area (Å²) in [6, 6.07) is 5.64. The minimum Gasteiger partial charge on any atom is -0.397 e. The molecule has 1 fully saturated rings. The lowest BCUT2D eigenvalue weighted by Gasteiger charge is -2.38. The van der Waals surface area contributed by atoms with Gasteiger partial charge in [-0.05, 0) is 54.3 Å². The van der Waals surface area contributed by atoms with Gasteiger partial charge in [0, 0.05) is 18.4 Å². The predicted molar refractivity (Wildman–Crippen MR) is 86.7 cm³/mol. The molecule has 1 atom stereocenters. The van der Waals surface area contributed by atoms with E-state index in [1.807, 2.05) is 17.5 Å². The number of aromatic nitrogens is 1. The number of aliphatic hydroxyl groups excluding tert-OH is 1. The second-order valence-corrected chi connectivity index (χ2v) is 6.65. The van der Waals surface area contributed by atoms with Gasteiger partial charge in [0.05, 0.1) is 11.8 Å². The van der Waals surface area contributed by atoms with Gasteiger partial charge in [0.25, 0.3) is 5.91 Å². The smallest absolute Gasteiger partial charge is 0.263 e. The molecule has 0 saturated heterocycles. The summed E-state index contributed by atoms with van der Waals surface area (Å²) in [5.41, 5.74) is 7.45. The number of thiophene rings is 1. The van der Waals surface area contributed by atoms with Crippen molar-refractivity contribution in [3.05, 3.63) is 46.4 Å². The van der Waals surface area contributed by atoms with Crippen molar-refractivity contribution < 1.29 is 9.90 Å². The van der Waals surface area contributed by atoms with E-state index in [0.717, 1.165) is 24.8 Å². The van der Waals surface area contributed by atoms with Crippen molar-refractivity contribution in [1.82, 2.24) is 10.3 Å². The number of rotatable bonds is 5. The highest BCUT2D eigenvalue weighted by molar-refractivity contribution is 7.12. The van der Waals surface area contributed by atoms with Gasteiger partial charge in [0.1, 0.15) is 4.88 Å². The highest BCUT2D eigenvalue weighted by Gasteiger charge is 2.35. The summed E-state index contributed by atoms with van der Waals surface area (Å²) in [6.07, 6.45) is 5.46. The monoisotopic (exact) mass is 317 g/mol. The first-order valence-electron chi connectivity index (χ1n) is 7.34. The summed E-state index contributed by atoms with van der Waals surface area (Å²) < 4.78 is 0. The number of carbonyl (C=O) groups is 1. The molecule has 0 spiro atoms. The first-order chi connectivity index (χ1) is 10.6. The molecule has 1 saturated carbocycles. The lowest BCUT2D eigenvalue weighted by Crippen LogP contribution is -2.48. The van der Waals surface area contributed by atoms with Crippen LogP contribution in [0.4, 0.5) is 5.69 Å². The molecular formula is C16H19N3O2S. The zero-order valence-corrected chi connectivity index (χ0v) is 12.9. The standard InChI is InChI=1S/C16H19N3O2S/c17-13-3-6-22-15(13)16(21)19-14(11-8-12(20)9-11)7-10-1-4-18-5-2-10/h1-6,11-12,14,20H,7-9,17H2,(H,19,21). The molecular weight excluding hydrogens is 298 g/mol. The fourth-order valence-electron chi connectivity index (χ4n) is 2.80. The third-order valence-electron chi connectivity index (χ3n) is 4.14. The summed E-state index contributed by atoms with van der Waals surface area (Å²) in [4.78, 5) is 17.0. The minimum absolute atomic E-state index is 0.000185. The molecule has 0 aromatic carbocycles. The normalized spacial score (nSPS) is 21.9. The largest absolute Gasteiger partial charge is 0.397 e. The Bertz CT molecular complexity index is 638. The van der Waals surface area contributed by atoms with Gasteiger partial charge < -0.3 is 16.2 Å². The number of nitrogens with zero attached hydrogens (tertiary/aromatic N) is 1. The third-order valence-corrected chi connectivity index (χ3v) is 5.07. The Morgan fingerprint density at radius 1 is 1.41 bits per heavy atom. The topological polar surface area (TPSA) is 88.2 Å². The fourth-order valence-corrected chi connectivity index (χ4v) is 3.53. The number of hydrogen-bond acceptors (Lipinski definition) is 5. The van der Waals surface area contributed by atoms with Gasteiger partial charge in [-0.2, -0.15) is 0 Å². The molecule has 0 aliphatic heterocycles. The van der Waals surface area contributed by atoms with Gasteiger partial charge >= 0.3 is 0 Å². The van der Waals surface area contributed by atoms with Gasteiger partial charge in [-0.1, -0.05) is 0 Å². The van der Waals surface area contributed by atoms with E-state index in [0.29, 0.717) is 16.5 Å². The molecule has 2 aromatic rings. The summed E-state index contributed by atoms with van der Waals surface area (Å²) in [6.45, 7) is 0. The van der Waals surface area contributed by atoms with Crippen LogP contribution < -0.4 is 11.1 Å². The van der Waals surface area contributed by atoms with Gasteiger partial charge in [0.2, 0.25) is 0 Å². The average Bonchev–Trinajstić information content (AvgIpc) is 2.91. The maximum Gasteiger partial charge on any atom is 0.263 e. The van der Waals surface area contributed by atoms with Crippen molar-refractivity contribution >= 4 is 22.9 Å². The van der Waals surface area contributed by atoms with Gasteiger partial charge in [-0.25, -0.2) is 0 Å². The first kappa shape index (κ1) is 15.0. The van der Waals surface area contributed by atoms with Crippen molar-refractivity contribution in [2.24, 2.45) is 5.92 Å². The van der Waals surface area contributed by atoms with Crippen LogP contribution in [0.3, 0.4) is 0 Å². The van der Waals surface area contributed by atoms with Crippen LogP contribution >= 0.6 is 11.3 Å². The number of nitrogens with two attached hydrogens (primary N) is 1. The molecule has 0 radical (unpaired) electrons. The first-order valence-corrected chi connectivity index (χ1v) is 8.22. The van der Waals surface area contributed by atoms with Crippen LogP contribution in [0.2, 0.25) is 0 Å². The molecule has 2 aromatic heterocycles. The summed E-state index contributed by atoms with van der Waals surface area (Å²) in [7, 11) is 0. The molecule has 4 N–H and O–H groups in total. The Labute approximate surface area is 133 Å². The number of carbonyl (C=O) groups excluding carboxylic acids is 1. The number of pyridine rings is 1. The highest BCUT2D eigenvalue weighted by atomic mass is 32.1. The molecule has 6 heteroatoms. The van der Waals surface area contributed by atoms with Crippen molar-refractivity contribution in [3.63, 3.8) is 0 Å². The maximum atomic E-state index is 12.4. The van der Waals surface area contributed by atoms with E-state index >= 15 is 0 Å². The van der Waals surface area contributed by atoms with E-state index < -0.39 is 0 Å². The highest BCUT2D eigenvalue weighted by Crippen LogP contribution is 2.32. The maximum absolute atomic E-state index is 12.4. The van der Waals surface area contributed by atoms with Crippen LogP contribution in [0.25, 0.3) is 0 Å². The summed E-state index contributed by atoms with van der Waals surface area (Å²) in [5, 5.41) is 14.5. The van der Waals surface area contributed by atoms with Gasteiger partial charge in [0.15, 0.2) is 0 Å². The number of nitrogens with one attached hydrogen (secondary N) is 1. The molecule has 2 heterocycles.